The maximum atomic E-state index is 11.9. The molecule has 1 nitrogen and oxygen atoms in total. The fraction of sp³-hybridized carbons (Fsp3) is 0.167. The lowest BCUT2D eigenvalue weighted by atomic mass is 10.3. The molecule has 1 heterocycles. The van der Waals surface area contributed by atoms with Crippen molar-refractivity contribution in [1.29, 1.82) is 0 Å². The number of nitrogens with zero attached hydrogens (tertiary/aromatic N) is 1. The molecule has 0 atom stereocenters. The molecule has 0 aliphatic rings. The summed E-state index contributed by atoms with van der Waals surface area (Å²) in [4.78, 5) is 3.49. The lowest BCUT2D eigenvalue weighted by Gasteiger charge is -1.98. The molecule has 54 valence electrons. The van der Waals surface area contributed by atoms with Crippen LogP contribution in [0.15, 0.2) is 18.3 Å². The zero-order valence-electron chi connectivity index (χ0n) is 4.89. The summed E-state index contributed by atoms with van der Waals surface area (Å²) in [6, 6.07) is 2.67. The zero-order valence-corrected chi connectivity index (χ0v) is 5.65. The zero-order chi connectivity index (χ0) is 7.56. The molecule has 0 amide bonds. The van der Waals surface area contributed by atoms with E-state index in [-0.39, 0.29) is 10.7 Å². The van der Waals surface area contributed by atoms with Crippen LogP contribution in [0.4, 0.5) is 8.78 Å². The van der Waals surface area contributed by atoms with E-state index in [2.05, 4.69) is 4.98 Å². The molecule has 0 bridgehead atoms. The summed E-state index contributed by atoms with van der Waals surface area (Å²) in [5, 5.41) is -0.127. The van der Waals surface area contributed by atoms with Crippen molar-refractivity contribution in [3.05, 3.63) is 29.0 Å². The fourth-order valence-corrected chi connectivity index (χ4v) is 0.763. The molecule has 0 fully saturated rings. The van der Waals surface area contributed by atoms with Crippen LogP contribution in [-0.4, -0.2) is 4.98 Å². The van der Waals surface area contributed by atoms with Crippen LogP contribution in [0.5, 0.6) is 0 Å². The highest BCUT2D eigenvalue weighted by molar-refractivity contribution is 6.30. The molecule has 0 aliphatic heterocycles. The first-order valence-electron chi connectivity index (χ1n) is 2.60. The molecular weight excluding hydrogens is 160 g/mol. The van der Waals surface area contributed by atoms with Gasteiger partial charge in [-0.3, -0.25) is 0 Å². The molecule has 1 aromatic heterocycles. The van der Waals surface area contributed by atoms with Gasteiger partial charge in [-0.15, -0.1) is 0 Å². The Kier molecular flexibility index (Phi) is 2.17. The lowest BCUT2D eigenvalue weighted by Crippen LogP contribution is -1.86. The molecule has 1 aromatic rings. The van der Waals surface area contributed by atoms with E-state index >= 15 is 0 Å². The van der Waals surface area contributed by atoms with Crippen molar-refractivity contribution < 1.29 is 8.78 Å². The third-order valence-corrected chi connectivity index (χ3v) is 1.34. The van der Waals surface area contributed by atoms with Crippen LogP contribution in [0, 0.1) is 0 Å². The minimum Gasteiger partial charge on any atom is -0.244 e. The Morgan fingerprint density at radius 2 is 2.20 bits per heavy atom. The predicted octanol–water partition coefficient (Wildman–Crippen LogP) is 2.67. The standard InChI is InChI=1S/C6H4ClF2N/c7-5-4(6(8)9)2-1-3-10-5/h1-3,6H. The first-order chi connectivity index (χ1) is 4.72. The molecule has 0 aromatic carbocycles. The van der Waals surface area contributed by atoms with Gasteiger partial charge in [-0.2, -0.15) is 0 Å². The van der Waals surface area contributed by atoms with E-state index in [1.807, 2.05) is 0 Å². The van der Waals surface area contributed by atoms with Gasteiger partial charge in [0.25, 0.3) is 6.43 Å². The normalized spacial score (nSPS) is 10.4. The molecule has 0 saturated carbocycles. The Morgan fingerprint density at radius 3 is 2.60 bits per heavy atom. The molecule has 0 spiro atoms. The van der Waals surface area contributed by atoms with Crippen molar-refractivity contribution in [3.63, 3.8) is 0 Å². The lowest BCUT2D eigenvalue weighted by molar-refractivity contribution is 0.151. The first-order valence-corrected chi connectivity index (χ1v) is 2.98. The van der Waals surface area contributed by atoms with Gasteiger partial charge in [0.1, 0.15) is 5.15 Å². The molecule has 0 N–H and O–H groups in total. The maximum absolute atomic E-state index is 11.9. The number of aromatic nitrogens is 1. The Morgan fingerprint density at radius 1 is 1.50 bits per heavy atom. The number of rotatable bonds is 1. The van der Waals surface area contributed by atoms with E-state index < -0.39 is 6.43 Å². The molecule has 0 saturated heterocycles. The van der Waals surface area contributed by atoms with Gasteiger partial charge in [-0.1, -0.05) is 11.6 Å². The Labute approximate surface area is 61.7 Å². The van der Waals surface area contributed by atoms with E-state index in [9.17, 15) is 8.78 Å². The van der Waals surface area contributed by atoms with Gasteiger partial charge in [-0.05, 0) is 12.1 Å². The van der Waals surface area contributed by atoms with Crippen LogP contribution < -0.4 is 0 Å². The SMILES string of the molecule is FC(F)c1cccnc1Cl. The van der Waals surface area contributed by atoms with E-state index in [0.717, 1.165) is 0 Å². The minimum atomic E-state index is -2.54. The molecule has 10 heavy (non-hydrogen) atoms. The monoisotopic (exact) mass is 163 g/mol. The maximum Gasteiger partial charge on any atom is 0.266 e. The molecule has 0 unspecified atom stereocenters. The van der Waals surface area contributed by atoms with Gasteiger partial charge in [0.05, 0.1) is 5.56 Å². The highest BCUT2D eigenvalue weighted by atomic mass is 35.5. The van der Waals surface area contributed by atoms with Gasteiger partial charge in [0.2, 0.25) is 0 Å². The fourth-order valence-electron chi connectivity index (χ4n) is 0.561. The summed E-state index contributed by atoms with van der Waals surface area (Å²) in [6.07, 6.45) is -1.17. The number of halogens is 3. The summed E-state index contributed by atoms with van der Waals surface area (Å²) in [5.74, 6) is 0. The minimum absolute atomic E-state index is 0.127. The average Bonchev–Trinajstić information content (AvgIpc) is 1.88. The second-order valence-electron chi connectivity index (χ2n) is 1.68. The number of hydrogen-bond acceptors (Lipinski definition) is 1. The molecule has 4 heteroatoms. The van der Waals surface area contributed by atoms with Crippen molar-refractivity contribution in [2.45, 2.75) is 6.43 Å². The van der Waals surface area contributed by atoms with E-state index in [1.54, 1.807) is 0 Å². The van der Waals surface area contributed by atoms with Crippen LogP contribution in [-0.2, 0) is 0 Å². The predicted molar refractivity (Wildman–Crippen MR) is 34.2 cm³/mol. The van der Waals surface area contributed by atoms with Crippen LogP contribution in [0.25, 0.3) is 0 Å². The van der Waals surface area contributed by atoms with Crippen LogP contribution in [0.3, 0.4) is 0 Å². The smallest absolute Gasteiger partial charge is 0.244 e. The highest BCUT2D eigenvalue weighted by Gasteiger charge is 2.10. The van der Waals surface area contributed by atoms with Crippen molar-refractivity contribution in [1.82, 2.24) is 4.98 Å². The highest BCUT2D eigenvalue weighted by Crippen LogP contribution is 2.23. The van der Waals surface area contributed by atoms with Crippen molar-refractivity contribution in [2.75, 3.05) is 0 Å². The molecular formula is C6H4ClF2N. The topological polar surface area (TPSA) is 12.9 Å². The summed E-state index contributed by atoms with van der Waals surface area (Å²) in [7, 11) is 0. The van der Waals surface area contributed by atoms with Gasteiger partial charge >= 0.3 is 0 Å². The van der Waals surface area contributed by atoms with Gasteiger partial charge in [-0.25, -0.2) is 13.8 Å². The Balaban J connectivity index is 3.03. The number of alkyl halides is 2. The summed E-state index contributed by atoms with van der Waals surface area (Å²) < 4.78 is 23.8. The van der Waals surface area contributed by atoms with Crippen molar-refractivity contribution in [3.8, 4) is 0 Å². The summed E-state index contributed by atoms with van der Waals surface area (Å²) >= 11 is 5.33. The molecule has 0 aliphatic carbocycles. The summed E-state index contributed by atoms with van der Waals surface area (Å²) in [6.45, 7) is 0. The van der Waals surface area contributed by atoms with Crippen molar-refractivity contribution in [2.24, 2.45) is 0 Å². The van der Waals surface area contributed by atoms with Crippen LogP contribution in [0.1, 0.15) is 12.0 Å². The summed E-state index contributed by atoms with van der Waals surface area (Å²) in [5.41, 5.74) is -0.218. The quantitative estimate of drug-likeness (QED) is 0.580. The van der Waals surface area contributed by atoms with Gasteiger partial charge in [0, 0.05) is 6.20 Å². The number of pyridine rings is 1. The third-order valence-electron chi connectivity index (χ3n) is 1.02. The van der Waals surface area contributed by atoms with Crippen LogP contribution >= 0.6 is 11.6 Å². The molecule has 0 radical (unpaired) electrons. The average molecular weight is 164 g/mol. The van der Waals surface area contributed by atoms with E-state index in [4.69, 9.17) is 11.6 Å². The second-order valence-corrected chi connectivity index (χ2v) is 2.04. The van der Waals surface area contributed by atoms with Gasteiger partial charge in [0.15, 0.2) is 0 Å². The number of hydrogen-bond donors (Lipinski definition) is 0. The largest absolute Gasteiger partial charge is 0.266 e. The van der Waals surface area contributed by atoms with Crippen molar-refractivity contribution >= 4 is 11.6 Å². The third kappa shape index (κ3) is 1.42. The van der Waals surface area contributed by atoms with E-state index in [0.29, 0.717) is 0 Å². The van der Waals surface area contributed by atoms with Gasteiger partial charge < -0.3 is 0 Å². The second kappa shape index (κ2) is 2.92. The first kappa shape index (κ1) is 7.41. The van der Waals surface area contributed by atoms with Crippen LogP contribution in [0.2, 0.25) is 5.15 Å². The molecule has 1 rings (SSSR count). The Hall–Kier alpha value is -0.700. The van der Waals surface area contributed by atoms with E-state index in [1.165, 1.54) is 18.3 Å². The Bertz CT molecular complexity index is 227.